The van der Waals surface area contributed by atoms with Crippen LogP contribution < -0.4 is 5.32 Å². The predicted octanol–water partition coefficient (Wildman–Crippen LogP) is 1.06. The zero-order valence-electron chi connectivity index (χ0n) is 10.1. The highest BCUT2D eigenvalue weighted by atomic mass is 16.3. The Balaban J connectivity index is 1.93. The van der Waals surface area contributed by atoms with Crippen LogP contribution in [0.4, 0.5) is 0 Å². The molecule has 2 unspecified atom stereocenters. The fraction of sp³-hybridized carbons (Fsp3) is 0.750. The van der Waals surface area contributed by atoms with Crippen molar-refractivity contribution >= 4 is 0 Å². The number of aliphatic hydroxyl groups is 1. The third-order valence-electron chi connectivity index (χ3n) is 3.87. The molecule has 0 radical (unpaired) electrons. The van der Waals surface area contributed by atoms with E-state index in [9.17, 15) is 5.11 Å². The molecule has 1 aromatic heterocycles. The number of aromatic nitrogens is 2. The molecule has 2 rings (SSSR count). The Hall–Kier alpha value is -0.870. The number of aliphatic hydroxyl groups excluding tert-OH is 1. The fourth-order valence-corrected chi connectivity index (χ4v) is 2.55. The summed E-state index contributed by atoms with van der Waals surface area (Å²) in [5.74, 6) is 1.05. The minimum absolute atomic E-state index is 0.0468. The van der Waals surface area contributed by atoms with E-state index < -0.39 is 0 Å². The zero-order chi connectivity index (χ0) is 11.6. The summed E-state index contributed by atoms with van der Waals surface area (Å²) in [7, 11) is 2.00. The Morgan fingerprint density at radius 3 is 3.12 bits per heavy atom. The summed E-state index contributed by atoms with van der Waals surface area (Å²) in [4.78, 5) is 4.29. The number of hydrogen-bond acceptors (Lipinski definition) is 3. The largest absolute Gasteiger partial charge is 0.396 e. The Bertz CT molecular complexity index is 350. The second-order valence-electron chi connectivity index (χ2n) is 5.09. The van der Waals surface area contributed by atoms with E-state index in [2.05, 4.69) is 17.2 Å². The van der Waals surface area contributed by atoms with Crippen molar-refractivity contribution in [1.29, 1.82) is 0 Å². The maximum atomic E-state index is 9.45. The van der Waals surface area contributed by atoms with E-state index in [0.29, 0.717) is 6.04 Å². The van der Waals surface area contributed by atoms with Crippen molar-refractivity contribution in [3.05, 3.63) is 18.2 Å². The molecule has 90 valence electrons. The quantitative estimate of drug-likeness (QED) is 0.802. The van der Waals surface area contributed by atoms with Crippen LogP contribution in [-0.4, -0.2) is 27.3 Å². The summed E-state index contributed by atoms with van der Waals surface area (Å²) in [5, 5.41) is 13.0. The molecule has 1 aromatic rings. The van der Waals surface area contributed by atoms with Crippen LogP contribution in [0.3, 0.4) is 0 Å². The van der Waals surface area contributed by atoms with Crippen LogP contribution in [0.15, 0.2) is 12.4 Å². The van der Waals surface area contributed by atoms with E-state index in [4.69, 9.17) is 0 Å². The van der Waals surface area contributed by atoms with Crippen LogP contribution >= 0.6 is 0 Å². The van der Waals surface area contributed by atoms with Gasteiger partial charge in [-0.05, 0) is 12.8 Å². The molecule has 16 heavy (non-hydrogen) atoms. The number of nitrogens with zero attached hydrogens (tertiary/aromatic N) is 2. The Morgan fingerprint density at radius 2 is 2.50 bits per heavy atom. The predicted molar refractivity (Wildman–Crippen MR) is 62.9 cm³/mol. The number of rotatable bonds is 4. The van der Waals surface area contributed by atoms with Gasteiger partial charge in [0.2, 0.25) is 0 Å². The normalized spacial score (nSPS) is 29.8. The monoisotopic (exact) mass is 223 g/mol. The molecule has 1 aliphatic rings. The number of imidazole rings is 1. The van der Waals surface area contributed by atoms with E-state index in [0.717, 1.165) is 25.2 Å². The SMILES string of the molecule is Cn1ccnc1CNC1CCCC1(C)CO. The van der Waals surface area contributed by atoms with Gasteiger partial charge in [-0.15, -0.1) is 0 Å². The number of aryl methyl sites for hydroxylation is 1. The highest BCUT2D eigenvalue weighted by molar-refractivity contribution is 4.96. The first-order valence-corrected chi connectivity index (χ1v) is 5.96. The van der Waals surface area contributed by atoms with Crippen molar-refractivity contribution in [3.8, 4) is 0 Å². The topological polar surface area (TPSA) is 50.1 Å². The van der Waals surface area contributed by atoms with Gasteiger partial charge in [-0.3, -0.25) is 0 Å². The zero-order valence-corrected chi connectivity index (χ0v) is 10.1. The van der Waals surface area contributed by atoms with Crippen molar-refractivity contribution < 1.29 is 5.11 Å². The van der Waals surface area contributed by atoms with E-state index in [1.165, 1.54) is 6.42 Å². The minimum atomic E-state index is 0.0468. The molecule has 0 bridgehead atoms. The molecule has 0 saturated heterocycles. The Morgan fingerprint density at radius 1 is 1.69 bits per heavy atom. The van der Waals surface area contributed by atoms with Gasteiger partial charge in [0.25, 0.3) is 0 Å². The molecule has 1 aliphatic carbocycles. The van der Waals surface area contributed by atoms with Gasteiger partial charge < -0.3 is 15.0 Å². The summed E-state index contributed by atoms with van der Waals surface area (Å²) in [6, 6.07) is 0.411. The van der Waals surface area contributed by atoms with E-state index in [1.807, 2.05) is 24.0 Å². The summed E-state index contributed by atoms with van der Waals surface area (Å²) < 4.78 is 2.03. The van der Waals surface area contributed by atoms with Gasteiger partial charge in [0.15, 0.2) is 0 Å². The molecule has 0 aliphatic heterocycles. The third kappa shape index (κ3) is 2.13. The second kappa shape index (κ2) is 4.55. The highest BCUT2D eigenvalue weighted by Crippen LogP contribution is 2.37. The first kappa shape index (κ1) is 11.6. The van der Waals surface area contributed by atoms with Gasteiger partial charge in [-0.25, -0.2) is 4.98 Å². The van der Waals surface area contributed by atoms with Crippen LogP contribution in [0.25, 0.3) is 0 Å². The summed E-state index contributed by atoms with van der Waals surface area (Å²) in [6.45, 7) is 3.21. The molecule has 2 N–H and O–H groups in total. The van der Waals surface area contributed by atoms with Crippen molar-refractivity contribution in [2.45, 2.75) is 38.8 Å². The molecule has 1 saturated carbocycles. The summed E-state index contributed by atoms with van der Waals surface area (Å²) in [6.07, 6.45) is 7.24. The highest BCUT2D eigenvalue weighted by Gasteiger charge is 2.37. The van der Waals surface area contributed by atoms with Gasteiger partial charge >= 0.3 is 0 Å². The van der Waals surface area contributed by atoms with Crippen LogP contribution in [0.1, 0.15) is 32.0 Å². The lowest BCUT2D eigenvalue weighted by Crippen LogP contribution is -2.41. The lowest BCUT2D eigenvalue weighted by Gasteiger charge is -2.30. The summed E-state index contributed by atoms with van der Waals surface area (Å²) >= 11 is 0. The van der Waals surface area contributed by atoms with E-state index in [-0.39, 0.29) is 12.0 Å². The molecule has 2 atom stereocenters. The molecule has 4 heteroatoms. The van der Waals surface area contributed by atoms with Gasteiger partial charge in [0.1, 0.15) is 5.82 Å². The van der Waals surface area contributed by atoms with Crippen molar-refractivity contribution in [2.24, 2.45) is 12.5 Å². The maximum absolute atomic E-state index is 9.45. The maximum Gasteiger partial charge on any atom is 0.122 e. The average Bonchev–Trinajstić information content (AvgIpc) is 2.83. The fourth-order valence-electron chi connectivity index (χ4n) is 2.55. The van der Waals surface area contributed by atoms with Crippen LogP contribution in [0.5, 0.6) is 0 Å². The first-order valence-electron chi connectivity index (χ1n) is 5.96. The number of nitrogens with one attached hydrogen (secondary N) is 1. The molecule has 0 spiro atoms. The van der Waals surface area contributed by atoms with Gasteiger partial charge in [0, 0.05) is 37.5 Å². The number of hydrogen-bond donors (Lipinski definition) is 2. The molecule has 0 aromatic carbocycles. The molecular weight excluding hydrogens is 202 g/mol. The first-order chi connectivity index (χ1) is 7.65. The molecule has 1 fully saturated rings. The van der Waals surface area contributed by atoms with Gasteiger partial charge in [0.05, 0.1) is 6.54 Å². The lowest BCUT2D eigenvalue weighted by atomic mass is 9.86. The van der Waals surface area contributed by atoms with Crippen molar-refractivity contribution in [2.75, 3.05) is 6.61 Å². The molecule has 0 amide bonds. The van der Waals surface area contributed by atoms with Crippen molar-refractivity contribution in [1.82, 2.24) is 14.9 Å². The third-order valence-corrected chi connectivity index (χ3v) is 3.87. The smallest absolute Gasteiger partial charge is 0.122 e. The van der Waals surface area contributed by atoms with Crippen LogP contribution in [-0.2, 0) is 13.6 Å². The average molecular weight is 223 g/mol. The van der Waals surface area contributed by atoms with Gasteiger partial charge in [-0.1, -0.05) is 13.3 Å². The molecule has 4 nitrogen and oxygen atoms in total. The van der Waals surface area contributed by atoms with Crippen LogP contribution in [0.2, 0.25) is 0 Å². The van der Waals surface area contributed by atoms with Gasteiger partial charge in [-0.2, -0.15) is 0 Å². The summed E-state index contributed by atoms with van der Waals surface area (Å²) in [5.41, 5.74) is 0.0468. The Labute approximate surface area is 96.7 Å². The second-order valence-corrected chi connectivity index (χ2v) is 5.09. The minimum Gasteiger partial charge on any atom is -0.396 e. The van der Waals surface area contributed by atoms with E-state index >= 15 is 0 Å². The molecular formula is C12H21N3O. The molecule has 1 heterocycles. The van der Waals surface area contributed by atoms with Crippen LogP contribution in [0, 0.1) is 5.41 Å². The Kier molecular flexibility index (Phi) is 3.30. The lowest BCUT2D eigenvalue weighted by molar-refractivity contribution is 0.118. The van der Waals surface area contributed by atoms with Crippen molar-refractivity contribution in [3.63, 3.8) is 0 Å². The standard InChI is InChI=1S/C12H21N3O/c1-12(9-16)5-3-4-10(12)14-8-11-13-6-7-15(11)2/h6-7,10,14,16H,3-5,8-9H2,1-2H3. The van der Waals surface area contributed by atoms with E-state index in [1.54, 1.807) is 0 Å².